The molecular formula is C17H25NO. The van der Waals surface area contributed by atoms with Crippen LogP contribution in [-0.4, -0.2) is 25.3 Å². The number of anilines is 1. The summed E-state index contributed by atoms with van der Waals surface area (Å²) < 4.78 is 5.59. The van der Waals surface area contributed by atoms with E-state index in [0.29, 0.717) is 5.41 Å². The summed E-state index contributed by atoms with van der Waals surface area (Å²) in [7, 11) is 0. The molecule has 1 aromatic carbocycles. The molecule has 2 heterocycles. The van der Waals surface area contributed by atoms with Crippen LogP contribution in [0.25, 0.3) is 0 Å². The van der Waals surface area contributed by atoms with E-state index in [2.05, 4.69) is 49.9 Å². The second-order valence-electron chi connectivity index (χ2n) is 6.98. The fraction of sp³-hybridized carbons (Fsp3) is 0.647. The molecule has 3 rings (SSSR count). The van der Waals surface area contributed by atoms with E-state index in [9.17, 15) is 0 Å². The van der Waals surface area contributed by atoms with Crippen LogP contribution in [0.5, 0.6) is 0 Å². The molecule has 0 radical (unpaired) electrons. The van der Waals surface area contributed by atoms with Crippen molar-refractivity contribution in [2.24, 2.45) is 0 Å². The van der Waals surface area contributed by atoms with Gasteiger partial charge in [0.25, 0.3) is 0 Å². The van der Waals surface area contributed by atoms with E-state index in [-0.39, 0.29) is 5.54 Å². The summed E-state index contributed by atoms with van der Waals surface area (Å²) in [5.74, 6) is 0. The monoisotopic (exact) mass is 259 g/mol. The van der Waals surface area contributed by atoms with Crippen molar-refractivity contribution in [3.8, 4) is 0 Å². The quantitative estimate of drug-likeness (QED) is 0.703. The Morgan fingerprint density at radius 2 is 1.74 bits per heavy atom. The SMILES string of the molecule is CC(C)(C)N1CCC2(CCOCC2)c2ccccc21. The van der Waals surface area contributed by atoms with E-state index in [1.54, 1.807) is 5.56 Å². The van der Waals surface area contributed by atoms with Gasteiger partial charge >= 0.3 is 0 Å². The molecule has 0 aromatic heterocycles. The third kappa shape index (κ3) is 2.16. The van der Waals surface area contributed by atoms with Crippen LogP contribution in [0.1, 0.15) is 45.6 Å². The fourth-order valence-electron chi connectivity index (χ4n) is 3.72. The van der Waals surface area contributed by atoms with Gasteiger partial charge in [-0.15, -0.1) is 0 Å². The summed E-state index contributed by atoms with van der Waals surface area (Å²) in [6.07, 6.45) is 3.63. The first-order valence-corrected chi connectivity index (χ1v) is 7.48. The van der Waals surface area contributed by atoms with E-state index in [1.165, 1.54) is 31.5 Å². The van der Waals surface area contributed by atoms with E-state index < -0.39 is 0 Å². The van der Waals surface area contributed by atoms with Crippen LogP contribution in [-0.2, 0) is 10.2 Å². The number of nitrogens with zero attached hydrogens (tertiary/aromatic N) is 1. The second kappa shape index (κ2) is 4.52. The van der Waals surface area contributed by atoms with Gasteiger partial charge < -0.3 is 9.64 Å². The molecule has 0 N–H and O–H groups in total. The Balaban J connectivity index is 2.05. The van der Waals surface area contributed by atoms with E-state index in [1.807, 2.05) is 0 Å². The van der Waals surface area contributed by atoms with E-state index >= 15 is 0 Å². The lowest BCUT2D eigenvalue weighted by molar-refractivity contribution is 0.0454. The van der Waals surface area contributed by atoms with Crippen LogP contribution in [0.2, 0.25) is 0 Å². The minimum atomic E-state index is 0.197. The maximum Gasteiger partial charge on any atom is 0.0474 e. The van der Waals surface area contributed by atoms with Gasteiger partial charge in [0, 0.05) is 36.4 Å². The standard InChI is InChI=1S/C17H25NO/c1-16(2,3)18-11-8-17(9-12-19-13-10-17)14-6-4-5-7-15(14)18/h4-7H,8-13H2,1-3H3. The van der Waals surface area contributed by atoms with Gasteiger partial charge in [0.15, 0.2) is 0 Å². The van der Waals surface area contributed by atoms with Gasteiger partial charge in [-0.05, 0) is 51.7 Å². The molecule has 1 fully saturated rings. The summed E-state index contributed by atoms with van der Waals surface area (Å²) in [4.78, 5) is 2.57. The highest BCUT2D eigenvalue weighted by Crippen LogP contribution is 2.47. The topological polar surface area (TPSA) is 12.5 Å². The summed E-state index contributed by atoms with van der Waals surface area (Å²) in [5.41, 5.74) is 3.57. The molecule has 0 unspecified atom stereocenters. The lowest BCUT2D eigenvalue weighted by Crippen LogP contribution is -2.50. The highest BCUT2D eigenvalue weighted by atomic mass is 16.5. The van der Waals surface area contributed by atoms with Gasteiger partial charge in [0.1, 0.15) is 0 Å². The predicted octanol–water partition coefficient (Wildman–Crippen LogP) is 3.74. The number of fused-ring (bicyclic) bond motifs is 2. The van der Waals surface area contributed by atoms with Gasteiger partial charge in [-0.2, -0.15) is 0 Å². The minimum absolute atomic E-state index is 0.197. The van der Waals surface area contributed by atoms with Crippen LogP contribution in [0.3, 0.4) is 0 Å². The average molecular weight is 259 g/mol. The van der Waals surface area contributed by atoms with Crippen molar-refractivity contribution in [3.05, 3.63) is 29.8 Å². The maximum atomic E-state index is 5.59. The molecule has 1 spiro atoms. The van der Waals surface area contributed by atoms with Crippen molar-refractivity contribution in [2.75, 3.05) is 24.7 Å². The Morgan fingerprint density at radius 3 is 2.42 bits per heavy atom. The Labute approximate surface area is 116 Å². The predicted molar refractivity (Wildman–Crippen MR) is 79.9 cm³/mol. The Morgan fingerprint density at radius 1 is 1.05 bits per heavy atom. The van der Waals surface area contributed by atoms with Crippen LogP contribution in [0, 0.1) is 0 Å². The summed E-state index contributed by atoms with van der Waals surface area (Å²) >= 11 is 0. The molecule has 19 heavy (non-hydrogen) atoms. The molecule has 0 atom stereocenters. The van der Waals surface area contributed by atoms with Crippen molar-refractivity contribution < 1.29 is 4.74 Å². The van der Waals surface area contributed by atoms with E-state index in [4.69, 9.17) is 4.74 Å². The van der Waals surface area contributed by atoms with Crippen LogP contribution >= 0.6 is 0 Å². The van der Waals surface area contributed by atoms with Crippen molar-refractivity contribution in [2.45, 2.75) is 51.0 Å². The second-order valence-corrected chi connectivity index (χ2v) is 6.98. The van der Waals surface area contributed by atoms with Crippen molar-refractivity contribution in [1.82, 2.24) is 0 Å². The summed E-state index contributed by atoms with van der Waals surface area (Å²) in [6.45, 7) is 9.94. The molecule has 2 nitrogen and oxygen atoms in total. The molecule has 1 aromatic rings. The molecule has 1 saturated heterocycles. The molecule has 0 bridgehead atoms. The molecule has 104 valence electrons. The molecule has 0 saturated carbocycles. The number of hydrogen-bond donors (Lipinski definition) is 0. The largest absolute Gasteiger partial charge is 0.381 e. The Hall–Kier alpha value is -1.02. The average Bonchev–Trinajstić information content (AvgIpc) is 2.39. The first-order valence-electron chi connectivity index (χ1n) is 7.48. The molecule has 2 aliphatic heterocycles. The molecule has 0 amide bonds. The van der Waals surface area contributed by atoms with Gasteiger partial charge in [-0.25, -0.2) is 0 Å². The Kier molecular flexibility index (Phi) is 3.09. The number of rotatable bonds is 0. The lowest BCUT2D eigenvalue weighted by Gasteiger charge is -2.50. The van der Waals surface area contributed by atoms with Gasteiger partial charge in [-0.1, -0.05) is 18.2 Å². The first kappa shape index (κ1) is 13.0. The smallest absolute Gasteiger partial charge is 0.0474 e. The molecule has 0 aliphatic carbocycles. The van der Waals surface area contributed by atoms with Crippen molar-refractivity contribution in [1.29, 1.82) is 0 Å². The molecule has 2 aliphatic rings. The zero-order chi connectivity index (χ0) is 13.5. The number of ether oxygens (including phenoxy) is 1. The lowest BCUT2D eigenvalue weighted by atomic mass is 9.68. The Bertz CT molecular complexity index is 455. The van der Waals surface area contributed by atoms with Gasteiger partial charge in [0.05, 0.1) is 0 Å². The molecule has 2 heteroatoms. The maximum absolute atomic E-state index is 5.59. The normalized spacial score (nSPS) is 22.4. The summed E-state index contributed by atoms with van der Waals surface area (Å²) in [5, 5.41) is 0. The number of para-hydroxylation sites is 1. The fourth-order valence-corrected chi connectivity index (χ4v) is 3.72. The van der Waals surface area contributed by atoms with Crippen LogP contribution in [0.15, 0.2) is 24.3 Å². The van der Waals surface area contributed by atoms with Crippen molar-refractivity contribution >= 4 is 5.69 Å². The number of benzene rings is 1. The number of hydrogen-bond acceptors (Lipinski definition) is 2. The van der Waals surface area contributed by atoms with Crippen LogP contribution < -0.4 is 4.90 Å². The third-order valence-electron chi connectivity index (χ3n) is 4.84. The molecular weight excluding hydrogens is 234 g/mol. The van der Waals surface area contributed by atoms with Gasteiger partial charge in [0.2, 0.25) is 0 Å². The summed E-state index contributed by atoms with van der Waals surface area (Å²) in [6, 6.07) is 9.02. The van der Waals surface area contributed by atoms with Gasteiger partial charge in [-0.3, -0.25) is 0 Å². The van der Waals surface area contributed by atoms with Crippen molar-refractivity contribution in [3.63, 3.8) is 0 Å². The zero-order valence-electron chi connectivity index (χ0n) is 12.4. The highest BCUT2D eigenvalue weighted by Gasteiger charge is 2.41. The first-order chi connectivity index (χ1) is 9.03. The minimum Gasteiger partial charge on any atom is -0.381 e. The van der Waals surface area contributed by atoms with E-state index in [0.717, 1.165) is 13.2 Å². The highest BCUT2D eigenvalue weighted by molar-refractivity contribution is 5.60. The third-order valence-corrected chi connectivity index (χ3v) is 4.84. The zero-order valence-corrected chi connectivity index (χ0v) is 12.4. The van der Waals surface area contributed by atoms with Crippen LogP contribution in [0.4, 0.5) is 5.69 Å².